The van der Waals surface area contributed by atoms with Crippen LogP contribution in [0.4, 0.5) is 0 Å². The predicted molar refractivity (Wildman–Crippen MR) is 68.2 cm³/mol. The van der Waals surface area contributed by atoms with E-state index in [4.69, 9.17) is 9.84 Å². The summed E-state index contributed by atoms with van der Waals surface area (Å²) in [5.41, 5.74) is 0.717. The number of hydrogen-bond donors (Lipinski definition) is 1. The molecule has 0 saturated carbocycles. The van der Waals surface area contributed by atoms with Gasteiger partial charge in [-0.1, -0.05) is 11.8 Å². The van der Waals surface area contributed by atoms with Gasteiger partial charge in [0.25, 0.3) is 0 Å². The van der Waals surface area contributed by atoms with Gasteiger partial charge in [0.2, 0.25) is 0 Å². The zero-order valence-corrected chi connectivity index (χ0v) is 11.0. The van der Waals surface area contributed by atoms with Gasteiger partial charge in [-0.05, 0) is 6.07 Å². The van der Waals surface area contributed by atoms with Gasteiger partial charge in [-0.2, -0.15) is 5.10 Å². The van der Waals surface area contributed by atoms with E-state index in [1.165, 1.54) is 18.1 Å². The molecular weight excluding hydrogens is 268 g/mol. The molecule has 2 rings (SSSR count). The summed E-state index contributed by atoms with van der Waals surface area (Å²) in [5.74, 6) is -0.331. The fourth-order valence-corrected chi connectivity index (χ4v) is 2.19. The molecule has 1 N–H and O–H groups in total. The predicted octanol–water partition coefficient (Wildman–Crippen LogP) is 0.985. The average molecular weight is 280 g/mol. The van der Waals surface area contributed by atoms with Crippen molar-refractivity contribution in [3.05, 3.63) is 30.4 Å². The standard InChI is InChI=1S/C11H12N4O3S/c1-18-5-8-4-10(19-6-11(16)17)15(14-8)9-2-3-12-7-13-9/h2-4,7H,5-6H2,1H3,(H,16,17). The summed E-state index contributed by atoms with van der Waals surface area (Å²) in [6, 6.07) is 3.49. The van der Waals surface area contributed by atoms with Crippen molar-refractivity contribution in [2.24, 2.45) is 0 Å². The maximum absolute atomic E-state index is 10.7. The van der Waals surface area contributed by atoms with Crippen molar-refractivity contribution < 1.29 is 14.6 Å². The Labute approximate surface area is 113 Å². The largest absolute Gasteiger partial charge is 0.481 e. The Morgan fingerprint density at radius 1 is 1.58 bits per heavy atom. The number of nitrogens with zero attached hydrogens (tertiary/aromatic N) is 4. The van der Waals surface area contributed by atoms with E-state index in [-0.39, 0.29) is 5.75 Å². The Bertz CT molecular complexity index is 558. The molecule has 7 nitrogen and oxygen atoms in total. The Balaban J connectivity index is 2.31. The molecule has 0 aliphatic heterocycles. The van der Waals surface area contributed by atoms with Gasteiger partial charge in [-0.25, -0.2) is 14.6 Å². The quantitative estimate of drug-likeness (QED) is 0.789. The molecule has 2 aromatic rings. The summed E-state index contributed by atoms with van der Waals surface area (Å²) in [5, 5.41) is 13.8. The number of carboxylic acids is 1. The number of hydrogen-bond acceptors (Lipinski definition) is 6. The highest BCUT2D eigenvalue weighted by Gasteiger charge is 2.12. The van der Waals surface area contributed by atoms with E-state index in [9.17, 15) is 4.79 Å². The van der Waals surface area contributed by atoms with Crippen molar-refractivity contribution in [2.75, 3.05) is 12.9 Å². The van der Waals surface area contributed by atoms with Crippen LogP contribution >= 0.6 is 11.8 Å². The van der Waals surface area contributed by atoms with Crippen LogP contribution in [0.5, 0.6) is 0 Å². The zero-order chi connectivity index (χ0) is 13.7. The van der Waals surface area contributed by atoms with Crippen LogP contribution in [0.2, 0.25) is 0 Å². The van der Waals surface area contributed by atoms with E-state index in [1.54, 1.807) is 30.1 Å². The highest BCUT2D eigenvalue weighted by atomic mass is 32.2. The molecule has 0 aliphatic rings. The van der Waals surface area contributed by atoms with E-state index in [1.807, 2.05) is 0 Å². The number of carbonyl (C=O) groups is 1. The molecule has 2 aromatic heterocycles. The van der Waals surface area contributed by atoms with Crippen molar-refractivity contribution >= 4 is 17.7 Å². The van der Waals surface area contributed by atoms with Crippen LogP contribution in [0.1, 0.15) is 5.69 Å². The minimum absolute atomic E-state index is 0.0385. The van der Waals surface area contributed by atoms with Crippen LogP contribution in [0.3, 0.4) is 0 Å². The molecule has 100 valence electrons. The van der Waals surface area contributed by atoms with Crippen molar-refractivity contribution in [2.45, 2.75) is 11.6 Å². The van der Waals surface area contributed by atoms with Crippen LogP contribution in [-0.4, -0.2) is 43.7 Å². The third-order valence-electron chi connectivity index (χ3n) is 2.15. The van der Waals surface area contributed by atoms with Crippen LogP contribution in [0.25, 0.3) is 5.82 Å². The molecule has 0 unspecified atom stereocenters. The summed E-state index contributed by atoms with van der Waals surface area (Å²) in [7, 11) is 1.58. The normalized spacial score (nSPS) is 10.6. The highest BCUT2D eigenvalue weighted by molar-refractivity contribution is 7.99. The first-order valence-corrected chi connectivity index (χ1v) is 6.38. The van der Waals surface area contributed by atoms with Crippen LogP contribution in [0, 0.1) is 0 Å². The summed E-state index contributed by atoms with van der Waals surface area (Å²) in [6.45, 7) is 0.360. The molecule has 0 radical (unpaired) electrons. The molecule has 0 atom stereocenters. The minimum atomic E-state index is -0.881. The fourth-order valence-electron chi connectivity index (χ4n) is 1.44. The highest BCUT2D eigenvalue weighted by Crippen LogP contribution is 2.22. The first-order chi connectivity index (χ1) is 9.20. The molecule has 19 heavy (non-hydrogen) atoms. The van der Waals surface area contributed by atoms with Crippen molar-refractivity contribution in [3.8, 4) is 5.82 Å². The molecule has 0 aromatic carbocycles. The molecule has 0 fully saturated rings. The number of methoxy groups -OCH3 is 1. The summed E-state index contributed by atoms with van der Waals surface area (Å²) in [4.78, 5) is 18.6. The van der Waals surface area contributed by atoms with Gasteiger partial charge in [0.05, 0.1) is 18.1 Å². The van der Waals surface area contributed by atoms with Gasteiger partial charge in [0.15, 0.2) is 5.82 Å². The minimum Gasteiger partial charge on any atom is -0.481 e. The van der Waals surface area contributed by atoms with Gasteiger partial charge >= 0.3 is 5.97 Å². The molecule has 0 saturated heterocycles. The van der Waals surface area contributed by atoms with E-state index in [0.29, 0.717) is 23.1 Å². The monoisotopic (exact) mass is 280 g/mol. The summed E-state index contributed by atoms with van der Waals surface area (Å²) >= 11 is 1.18. The molecule has 0 bridgehead atoms. The molecule has 2 heterocycles. The summed E-state index contributed by atoms with van der Waals surface area (Å²) in [6.07, 6.45) is 3.02. The third-order valence-corrected chi connectivity index (χ3v) is 3.12. The Kier molecular flexibility index (Phi) is 4.48. The fraction of sp³-hybridized carbons (Fsp3) is 0.273. The number of rotatable bonds is 6. The first-order valence-electron chi connectivity index (χ1n) is 5.39. The van der Waals surface area contributed by atoms with E-state index in [2.05, 4.69) is 15.1 Å². The second-order valence-electron chi connectivity index (χ2n) is 3.57. The third kappa shape index (κ3) is 3.52. The van der Waals surface area contributed by atoms with Crippen molar-refractivity contribution in [1.82, 2.24) is 19.7 Å². The molecule has 0 aliphatic carbocycles. The smallest absolute Gasteiger partial charge is 0.313 e. The molecular formula is C11H12N4O3S. The van der Waals surface area contributed by atoms with E-state index < -0.39 is 5.97 Å². The molecule has 0 spiro atoms. The van der Waals surface area contributed by atoms with E-state index in [0.717, 1.165) is 0 Å². The maximum Gasteiger partial charge on any atom is 0.313 e. The number of carboxylic acid groups (broad SMARTS) is 1. The zero-order valence-electron chi connectivity index (χ0n) is 10.2. The lowest BCUT2D eigenvalue weighted by Gasteiger charge is -2.03. The lowest BCUT2D eigenvalue weighted by molar-refractivity contribution is -0.133. The number of ether oxygens (including phenoxy) is 1. The number of aliphatic carboxylic acids is 1. The Morgan fingerprint density at radius 3 is 3.05 bits per heavy atom. The topological polar surface area (TPSA) is 90.1 Å². The van der Waals surface area contributed by atoms with Gasteiger partial charge in [0.1, 0.15) is 11.4 Å². The number of aromatic nitrogens is 4. The maximum atomic E-state index is 10.7. The summed E-state index contributed by atoms with van der Waals surface area (Å²) < 4.78 is 6.61. The lowest BCUT2D eigenvalue weighted by atomic mass is 10.5. The Morgan fingerprint density at radius 2 is 2.42 bits per heavy atom. The SMILES string of the molecule is COCc1cc(SCC(=O)O)n(-c2ccncn2)n1. The van der Waals surface area contributed by atoms with Gasteiger partial charge in [0, 0.05) is 19.4 Å². The van der Waals surface area contributed by atoms with Gasteiger partial charge in [-0.15, -0.1) is 0 Å². The number of thioether (sulfide) groups is 1. The van der Waals surface area contributed by atoms with Gasteiger partial charge < -0.3 is 9.84 Å². The van der Waals surface area contributed by atoms with Crippen LogP contribution in [-0.2, 0) is 16.1 Å². The van der Waals surface area contributed by atoms with Crippen molar-refractivity contribution in [1.29, 1.82) is 0 Å². The average Bonchev–Trinajstić information content (AvgIpc) is 2.81. The van der Waals surface area contributed by atoms with Crippen LogP contribution in [0.15, 0.2) is 29.7 Å². The first kappa shape index (κ1) is 13.5. The second-order valence-corrected chi connectivity index (χ2v) is 4.56. The molecule has 0 amide bonds. The lowest BCUT2D eigenvalue weighted by Crippen LogP contribution is -2.04. The molecule has 8 heteroatoms. The Hall–Kier alpha value is -1.93. The second kappa shape index (κ2) is 6.30. The van der Waals surface area contributed by atoms with Crippen molar-refractivity contribution in [3.63, 3.8) is 0 Å². The van der Waals surface area contributed by atoms with Gasteiger partial charge in [-0.3, -0.25) is 4.79 Å². The van der Waals surface area contributed by atoms with Crippen LogP contribution < -0.4 is 0 Å². The van der Waals surface area contributed by atoms with E-state index >= 15 is 0 Å².